The first-order chi connectivity index (χ1) is 10.1. The quantitative estimate of drug-likeness (QED) is 0.824. The number of hydrogen-bond acceptors (Lipinski definition) is 3. The van der Waals surface area contributed by atoms with Crippen molar-refractivity contribution < 1.29 is 4.74 Å². The fourth-order valence-electron chi connectivity index (χ4n) is 1.99. The maximum atomic E-state index is 5.78. The molecule has 0 aliphatic rings. The van der Waals surface area contributed by atoms with Crippen molar-refractivity contribution in [3.8, 4) is 5.75 Å². The van der Waals surface area contributed by atoms with E-state index < -0.39 is 0 Å². The summed E-state index contributed by atoms with van der Waals surface area (Å²) < 4.78 is 5.78. The molecule has 0 aliphatic carbocycles. The van der Waals surface area contributed by atoms with Gasteiger partial charge < -0.3 is 10.5 Å². The van der Waals surface area contributed by atoms with Gasteiger partial charge in [-0.3, -0.25) is 4.98 Å². The summed E-state index contributed by atoms with van der Waals surface area (Å²) in [5, 5.41) is 0. The van der Waals surface area contributed by atoms with E-state index in [9.17, 15) is 0 Å². The average molecular weight is 300 g/mol. The summed E-state index contributed by atoms with van der Waals surface area (Å²) >= 11 is 4.92. The molecular weight excluding hydrogens is 280 g/mol. The molecule has 3 nitrogen and oxygen atoms in total. The number of thiocarbonyl (C=S) groups is 1. The fraction of sp³-hybridized carbons (Fsp3) is 0.294. The Bertz CT molecular complexity index is 610. The first kappa shape index (κ1) is 15.4. The van der Waals surface area contributed by atoms with Gasteiger partial charge >= 0.3 is 0 Å². The number of nitrogens with zero attached hydrogens (tertiary/aromatic N) is 1. The minimum Gasteiger partial charge on any atom is -0.489 e. The maximum absolute atomic E-state index is 5.78. The number of hydrogen-bond donors (Lipinski definition) is 1. The highest BCUT2D eigenvalue weighted by Crippen LogP contribution is 2.22. The van der Waals surface area contributed by atoms with Crippen LogP contribution >= 0.6 is 12.2 Å². The first-order valence-corrected chi connectivity index (χ1v) is 7.48. The minimum atomic E-state index is 0.301. The van der Waals surface area contributed by atoms with Crippen LogP contribution < -0.4 is 10.5 Å². The number of benzene rings is 1. The van der Waals surface area contributed by atoms with Crippen molar-refractivity contribution in [2.75, 3.05) is 0 Å². The predicted octanol–water partition coefficient (Wildman–Crippen LogP) is 3.81. The Morgan fingerprint density at radius 3 is 2.62 bits per heavy atom. The van der Waals surface area contributed by atoms with Gasteiger partial charge in [-0.05, 0) is 47.7 Å². The van der Waals surface area contributed by atoms with Crippen molar-refractivity contribution in [3.63, 3.8) is 0 Å². The van der Waals surface area contributed by atoms with Crippen molar-refractivity contribution in [1.82, 2.24) is 4.98 Å². The van der Waals surface area contributed by atoms with E-state index in [0.717, 1.165) is 17.7 Å². The number of nitrogens with two attached hydrogens (primary N) is 1. The summed E-state index contributed by atoms with van der Waals surface area (Å²) in [4.78, 5) is 4.41. The standard InChI is InChI=1S/C17H20N2OS/c1-3-12(2)14-4-6-15(7-5-14)20-11-13-8-9-19-16(10-13)17(18)21/h4-10,12H,3,11H2,1-2H3,(H2,18,21). The van der Waals surface area contributed by atoms with E-state index in [0.29, 0.717) is 23.2 Å². The van der Waals surface area contributed by atoms with E-state index in [1.54, 1.807) is 6.20 Å². The van der Waals surface area contributed by atoms with Gasteiger partial charge in [0, 0.05) is 6.20 Å². The predicted molar refractivity (Wildman–Crippen MR) is 89.6 cm³/mol. The Kier molecular flexibility index (Phi) is 5.28. The Balaban J connectivity index is 1.99. The van der Waals surface area contributed by atoms with Crippen LogP contribution in [-0.2, 0) is 6.61 Å². The van der Waals surface area contributed by atoms with Crippen LogP contribution in [0, 0.1) is 0 Å². The molecule has 2 N–H and O–H groups in total. The van der Waals surface area contributed by atoms with Gasteiger partial charge in [0.2, 0.25) is 0 Å². The van der Waals surface area contributed by atoms with Crippen LogP contribution in [0.15, 0.2) is 42.6 Å². The van der Waals surface area contributed by atoms with Gasteiger partial charge in [-0.25, -0.2) is 0 Å². The number of rotatable bonds is 6. The van der Waals surface area contributed by atoms with Crippen molar-refractivity contribution in [2.45, 2.75) is 32.8 Å². The lowest BCUT2D eigenvalue weighted by Gasteiger charge is -2.11. The third-order valence-electron chi connectivity index (χ3n) is 3.54. The average Bonchev–Trinajstić information content (AvgIpc) is 2.53. The van der Waals surface area contributed by atoms with Crippen LogP contribution in [0.2, 0.25) is 0 Å². The van der Waals surface area contributed by atoms with Crippen LogP contribution in [0.1, 0.15) is 43.0 Å². The van der Waals surface area contributed by atoms with Gasteiger partial charge in [-0.1, -0.05) is 38.2 Å². The lowest BCUT2D eigenvalue weighted by Crippen LogP contribution is -2.12. The molecule has 1 aromatic heterocycles. The SMILES string of the molecule is CCC(C)c1ccc(OCc2ccnc(C(N)=S)c2)cc1. The third-order valence-corrected chi connectivity index (χ3v) is 3.75. The molecule has 0 saturated heterocycles. The molecule has 4 heteroatoms. The Morgan fingerprint density at radius 2 is 2.00 bits per heavy atom. The third kappa shape index (κ3) is 4.26. The Labute approximate surface area is 131 Å². The van der Waals surface area contributed by atoms with Gasteiger partial charge in [0.25, 0.3) is 0 Å². The number of ether oxygens (including phenoxy) is 1. The van der Waals surface area contributed by atoms with Crippen LogP contribution in [0.25, 0.3) is 0 Å². The van der Waals surface area contributed by atoms with Crippen molar-refractivity contribution in [1.29, 1.82) is 0 Å². The smallest absolute Gasteiger partial charge is 0.122 e. The largest absolute Gasteiger partial charge is 0.489 e. The molecule has 0 fully saturated rings. The molecule has 0 amide bonds. The summed E-state index contributed by atoms with van der Waals surface area (Å²) in [6, 6.07) is 12.0. The van der Waals surface area contributed by atoms with Crippen LogP contribution in [0.5, 0.6) is 5.75 Å². The van der Waals surface area contributed by atoms with Crippen LogP contribution in [-0.4, -0.2) is 9.97 Å². The Morgan fingerprint density at radius 1 is 1.29 bits per heavy atom. The molecule has 0 saturated carbocycles. The first-order valence-electron chi connectivity index (χ1n) is 7.07. The summed E-state index contributed by atoms with van der Waals surface area (Å²) in [6.45, 7) is 4.89. The van der Waals surface area contributed by atoms with Crippen molar-refractivity contribution >= 4 is 17.2 Å². The second-order valence-electron chi connectivity index (χ2n) is 5.08. The summed E-state index contributed by atoms with van der Waals surface area (Å²) in [7, 11) is 0. The summed E-state index contributed by atoms with van der Waals surface area (Å²) in [5.74, 6) is 1.43. The summed E-state index contributed by atoms with van der Waals surface area (Å²) in [5.41, 5.74) is 8.54. The zero-order chi connectivity index (χ0) is 15.2. The maximum Gasteiger partial charge on any atom is 0.122 e. The molecule has 2 aromatic rings. The van der Waals surface area contributed by atoms with Gasteiger partial charge in [0.15, 0.2) is 0 Å². The van der Waals surface area contributed by atoms with E-state index in [4.69, 9.17) is 22.7 Å². The molecule has 1 atom stereocenters. The normalized spacial score (nSPS) is 11.9. The molecule has 0 bridgehead atoms. The molecule has 1 aromatic carbocycles. The van der Waals surface area contributed by atoms with Crippen LogP contribution in [0.4, 0.5) is 0 Å². The zero-order valence-electron chi connectivity index (χ0n) is 12.4. The van der Waals surface area contributed by atoms with Crippen molar-refractivity contribution in [2.24, 2.45) is 5.73 Å². The number of aromatic nitrogens is 1. The molecular formula is C17H20N2OS. The van der Waals surface area contributed by atoms with Gasteiger partial charge in [-0.2, -0.15) is 0 Å². The van der Waals surface area contributed by atoms with E-state index in [1.165, 1.54) is 5.56 Å². The van der Waals surface area contributed by atoms with Gasteiger partial charge in [-0.15, -0.1) is 0 Å². The molecule has 1 heterocycles. The highest BCUT2D eigenvalue weighted by Gasteiger charge is 2.04. The van der Waals surface area contributed by atoms with E-state index in [1.807, 2.05) is 24.3 Å². The fourth-order valence-corrected chi connectivity index (χ4v) is 2.11. The van der Waals surface area contributed by atoms with E-state index >= 15 is 0 Å². The molecule has 21 heavy (non-hydrogen) atoms. The summed E-state index contributed by atoms with van der Waals surface area (Å²) in [6.07, 6.45) is 2.83. The second kappa shape index (κ2) is 7.18. The lowest BCUT2D eigenvalue weighted by atomic mass is 9.99. The number of pyridine rings is 1. The highest BCUT2D eigenvalue weighted by atomic mass is 32.1. The van der Waals surface area contributed by atoms with E-state index in [2.05, 4.69) is 31.0 Å². The molecule has 1 unspecified atom stereocenters. The minimum absolute atomic E-state index is 0.301. The second-order valence-corrected chi connectivity index (χ2v) is 5.52. The lowest BCUT2D eigenvalue weighted by molar-refractivity contribution is 0.306. The zero-order valence-corrected chi connectivity index (χ0v) is 13.2. The molecule has 0 aliphatic heterocycles. The monoisotopic (exact) mass is 300 g/mol. The molecule has 0 spiro atoms. The molecule has 2 rings (SSSR count). The topological polar surface area (TPSA) is 48.1 Å². The van der Waals surface area contributed by atoms with E-state index in [-0.39, 0.29) is 0 Å². The van der Waals surface area contributed by atoms with Gasteiger partial charge in [0.05, 0.1) is 5.69 Å². The molecule has 110 valence electrons. The molecule has 0 radical (unpaired) electrons. The highest BCUT2D eigenvalue weighted by molar-refractivity contribution is 7.80. The van der Waals surface area contributed by atoms with Crippen molar-refractivity contribution in [3.05, 3.63) is 59.4 Å². The Hall–Kier alpha value is -1.94. The van der Waals surface area contributed by atoms with Crippen LogP contribution in [0.3, 0.4) is 0 Å². The van der Waals surface area contributed by atoms with Gasteiger partial charge in [0.1, 0.15) is 17.3 Å².